The first-order chi connectivity index (χ1) is 12.3. The van der Waals surface area contributed by atoms with Crippen LogP contribution in [0.2, 0.25) is 0 Å². The summed E-state index contributed by atoms with van der Waals surface area (Å²) in [5, 5.41) is 13.4. The van der Waals surface area contributed by atoms with Crippen molar-refractivity contribution in [2.24, 2.45) is 0 Å². The minimum atomic E-state index is 0.111. The van der Waals surface area contributed by atoms with Crippen molar-refractivity contribution in [1.29, 1.82) is 0 Å². The highest BCUT2D eigenvalue weighted by molar-refractivity contribution is 7.99. The van der Waals surface area contributed by atoms with Crippen LogP contribution in [0.4, 0.5) is 0 Å². The Bertz CT molecular complexity index is 961. The number of aromatic nitrogens is 3. The van der Waals surface area contributed by atoms with E-state index in [1.165, 1.54) is 23.1 Å². The van der Waals surface area contributed by atoms with Crippen molar-refractivity contribution in [2.45, 2.75) is 5.16 Å². The molecule has 0 bridgehead atoms. The molecule has 0 saturated heterocycles. The quantitative estimate of drug-likeness (QED) is 0.346. The Morgan fingerprint density at radius 1 is 0.960 bits per heavy atom. The van der Waals surface area contributed by atoms with Crippen molar-refractivity contribution in [1.82, 2.24) is 14.8 Å². The summed E-state index contributed by atoms with van der Waals surface area (Å²) >= 11 is 4.51. The highest BCUT2D eigenvalue weighted by Gasteiger charge is 2.18. The lowest BCUT2D eigenvalue weighted by molar-refractivity contribution is 0.102. The van der Waals surface area contributed by atoms with Crippen molar-refractivity contribution in [3.8, 4) is 16.4 Å². The van der Waals surface area contributed by atoms with Crippen molar-refractivity contribution in [3.05, 3.63) is 70.2 Å². The van der Waals surface area contributed by atoms with Crippen LogP contribution in [0.1, 0.15) is 9.67 Å². The minimum Gasteiger partial charge on any atom is -0.292 e. The topological polar surface area (TPSA) is 47.8 Å². The van der Waals surface area contributed by atoms with Gasteiger partial charge in [-0.25, -0.2) is 0 Å². The van der Waals surface area contributed by atoms with Gasteiger partial charge in [-0.2, -0.15) is 0 Å². The number of benzene rings is 1. The second-order valence-corrected chi connectivity index (χ2v) is 7.98. The highest BCUT2D eigenvalue weighted by Crippen LogP contribution is 2.30. The largest absolute Gasteiger partial charge is 0.292 e. The molecule has 3 heterocycles. The highest BCUT2D eigenvalue weighted by atomic mass is 32.2. The predicted octanol–water partition coefficient (Wildman–Crippen LogP) is 5.03. The summed E-state index contributed by atoms with van der Waals surface area (Å²) in [7, 11) is 0. The molecule has 0 amide bonds. The van der Waals surface area contributed by atoms with E-state index in [1.807, 2.05) is 69.9 Å². The smallest absolute Gasteiger partial charge is 0.196 e. The number of thioether (sulfide) groups is 1. The van der Waals surface area contributed by atoms with Gasteiger partial charge in [-0.05, 0) is 35.0 Å². The van der Waals surface area contributed by atoms with Gasteiger partial charge in [-0.15, -0.1) is 32.9 Å². The van der Waals surface area contributed by atoms with Crippen molar-refractivity contribution >= 4 is 40.2 Å². The fourth-order valence-electron chi connectivity index (χ4n) is 2.38. The summed E-state index contributed by atoms with van der Waals surface area (Å²) in [5.74, 6) is 1.25. The molecule has 0 unspecified atom stereocenters. The normalized spacial score (nSPS) is 10.9. The zero-order valence-corrected chi connectivity index (χ0v) is 15.5. The van der Waals surface area contributed by atoms with Crippen LogP contribution in [-0.2, 0) is 0 Å². The molecule has 25 heavy (non-hydrogen) atoms. The van der Waals surface area contributed by atoms with Crippen LogP contribution in [0.25, 0.3) is 16.4 Å². The van der Waals surface area contributed by atoms with E-state index in [4.69, 9.17) is 0 Å². The third kappa shape index (κ3) is 3.44. The Morgan fingerprint density at radius 2 is 1.76 bits per heavy atom. The molecule has 0 spiro atoms. The number of carbonyl (C=O) groups excluding carboxylic acids is 1. The van der Waals surface area contributed by atoms with Gasteiger partial charge in [0.25, 0.3) is 0 Å². The Labute approximate surface area is 157 Å². The van der Waals surface area contributed by atoms with Gasteiger partial charge >= 0.3 is 0 Å². The zero-order chi connectivity index (χ0) is 17.1. The fourth-order valence-corrected chi connectivity index (χ4v) is 4.67. The fraction of sp³-hybridized carbons (Fsp3) is 0.0556. The van der Waals surface area contributed by atoms with Gasteiger partial charge in [-0.1, -0.05) is 42.1 Å². The van der Waals surface area contributed by atoms with Crippen LogP contribution in [0.15, 0.2) is 70.5 Å². The molecule has 0 saturated carbocycles. The van der Waals surface area contributed by atoms with Gasteiger partial charge in [0, 0.05) is 5.69 Å². The molecule has 124 valence electrons. The maximum atomic E-state index is 12.3. The Morgan fingerprint density at radius 3 is 2.48 bits per heavy atom. The summed E-state index contributed by atoms with van der Waals surface area (Å²) < 4.78 is 2.01. The van der Waals surface area contributed by atoms with Crippen molar-refractivity contribution in [2.75, 3.05) is 5.75 Å². The number of para-hydroxylation sites is 1. The molecule has 0 fully saturated rings. The van der Waals surface area contributed by atoms with E-state index in [1.54, 1.807) is 11.3 Å². The Balaban J connectivity index is 1.67. The average Bonchev–Trinajstić information content (AvgIpc) is 3.41. The summed E-state index contributed by atoms with van der Waals surface area (Å²) in [6, 6.07) is 17.8. The molecule has 0 aliphatic carbocycles. The molecule has 3 aromatic heterocycles. The minimum absolute atomic E-state index is 0.111. The number of Topliss-reactive ketones (excluding diaryl/α,β-unsaturated/α-hetero) is 1. The van der Waals surface area contributed by atoms with Crippen molar-refractivity contribution in [3.63, 3.8) is 0 Å². The maximum Gasteiger partial charge on any atom is 0.196 e. The number of ketones is 1. The first-order valence-corrected chi connectivity index (χ1v) is 10.3. The van der Waals surface area contributed by atoms with Crippen LogP contribution in [-0.4, -0.2) is 26.3 Å². The number of rotatable bonds is 6. The summed E-state index contributed by atoms with van der Waals surface area (Å²) in [6.45, 7) is 0. The summed E-state index contributed by atoms with van der Waals surface area (Å²) in [6.07, 6.45) is 0. The van der Waals surface area contributed by atoms with Gasteiger partial charge in [0.2, 0.25) is 0 Å². The lowest BCUT2D eigenvalue weighted by atomic mass is 10.3. The molecule has 0 radical (unpaired) electrons. The van der Waals surface area contributed by atoms with Crippen LogP contribution < -0.4 is 0 Å². The van der Waals surface area contributed by atoms with E-state index < -0.39 is 0 Å². The molecular weight excluding hydrogens is 370 g/mol. The van der Waals surface area contributed by atoms with Crippen LogP contribution in [0, 0.1) is 0 Å². The van der Waals surface area contributed by atoms with Gasteiger partial charge in [0.1, 0.15) is 0 Å². The van der Waals surface area contributed by atoms with E-state index >= 15 is 0 Å². The van der Waals surface area contributed by atoms with E-state index in [9.17, 15) is 4.79 Å². The molecule has 4 aromatic rings. The second kappa shape index (κ2) is 7.35. The first-order valence-electron chi connectivity index (χ1n) is 7.57. The molecule has 4 rings (SSSR count). The molecule has 1 aromatic carbocycles. The van der Waals surface area contributed by atoms with Gasteiger partial charge in [0.15, 0.2) is 16.8 Å². The number of thiophene rings is 2. The van der Waals surface area contributed by atoms with E-state index in [-0.39, 0.29) is 5.78 Å². The SMILES string of the molecule is O=C(CSc1nnc(-c2cccs2)n1-c1ccccc1)c1cccs1. The molecule has 4 nitrogen and oxygen atoms in total. The zero-order valence-electron chi connectivity index (χ0n) is 13.0. The van der Waals surface area contributed by atoms with Crippen molar-refractivity contribution < 1.29 is 4.79 Å². The molecule has 0 N–H and O–H groups in total. The third-order valence-corrected chi connectivity index (χ3v) is 6.22. The van der Waals surface area contributed by atoms with Gasteiger partial charge < -0.3 is 0 Å². The molecular formula is C18H13N3OS3. The number of carbonyl (C=O) groups is 1. The summed E-state index contributed by atoms with van der Waals surface area (Å²) in [5.41, 5.74) is 0.988. The Hall–Kier alpha value is -2.22. The maximum absolute atomic E-state index is 12.3. The number of hydrogen-bond donors (Lipinski definition) is 0. The summed E-state index contributed by atoms with van der Waals surface area (Å²) in [4.78, 5) is 14.1. The van der Waals surface area contributed by atoms with E-state index in [2.05, 4.69) is 10.2 Å². The van der Waals surface area contributed by atoms with Crippen LogP contribution >= 0.6 is 34.4 Å². The predicted molar refractivity (Wildman–Crippen MR) is 104 cm³/mol. The number of hydrogen-bond acceptors (Lipinski definition) is 6. The number of nitrogens with zero attached hydrogens (tertiary/aromatic N) is 3. The Kier molecular flexibility index (Phi) is 4.78. The first kappa shape index (κ1) is 16.3. The van der Waals surface area contributed by atoms with Crippen LogP contribution in [0.3, 0.4) is 0 Å². The molecule has 7 heteroatoms. The van der Waals surface area contributed by atoms with E-state index in [0.29, 0.717) is 5.75 Å². The van der Waals surface area contributed by atoms with Gasteiger partial charge in [-0.3, -0.25) is 9.36 Å². The molecule has 0 aliphatic heterocycles. The monoisotopic (exact) mass is 383 g/mol. The third-order valence-electron chi connectivity index (χ3n) is 3.52. The lowest BCUT2D eigenvalue weighted by Gasteiger charge is -2.09. The molecule has 0 aliphatic rings. The standard InChI is InChI=1S/C18H13N3OS3/c22-14(15-8-4-10-23-15)12-25-18-20-19-17(16-9-5-11-24-16)21(18)13-6-2-1-3-7-13/h1-11H,12H2. The van der Waals surface area contributed by atoms with E-state index in [0.717, 1.165) is 26.4 Å². The lowest BCUT2D eigenvalue weighted by Crippen LogP contribution is -2.03. The van der Waals surface area contributed by atoms with Gasteiger partial charge in [0.05, 0.1) is 15.5 Å². The average molecular weight is 384 g/mol. The second-order valence-electron chi connectivity index (χ2n) is 5.14. The molecule has 0 atom stereocenters. The van der Waals surface area contributed by atoms with Crippen LogP contribution in [0.5, 0.6) is 0 Å².